The van der Waals surface area contributed by atoms with E-state index >= 15 is 0 Å². The number of amides is 1. The number of carbonyl (C=O) groups is 1. The molecule has 0 atom stereocenters. The average molecular weight is 447 g/mol. The van der Waals surface area contributed by atoms with Gasteiger partial charge in [-0.1, -0.05) is 18.1 Å². The van der Waals surface area contributed by atoms with Gasteiger partial charge < -0.3 is 14.4 Å². The van der Waals surface area contributed by atoms with E-state index in [1.54, 1.807) is 18.2 Å². The highest BCUT2D eigenvalue weighted by molar-refractivity contribution is 7.89. The lowest BCUT2D eigenvalue weighted by Crippen LogP contribution is -2.34. The summed E-state index contributed by atoms with van der Waals surface area (Å²) in [4.78, 5) is 14.0. The number of benzene rings is 2. The third kappa shape index (κ3) is 6.20. The Morgan fingerprint density at radius 2 is 1.84 bits per heavy atom. The SMILES string of the molecule is C#CCN(Cc1ccc(F)cc1)C(=O)CCNS(=O)(=O)c1ccc2c(c1)OCCCO2. The molecular formula is C22H23FN2O5S. The molecule has 3 rings (SSSR count). The summed E-state index contributed by atoms with van der Waals surface area (Å²) in [6, 6.07) is 10.1. The first-order valence-corrected chi connectivity index (χ1v) is 11.2. The Morgan fingerprint density at radius 3 is 2.55 bits per heavy atom. The van der Waals surface area contributed by atoms with Gasteiger partial charge in [-0.2, -0.15) is 0 Å². The molecule has 1 aliphatic heterocycles. The molecule has 1 amide bonds. The number of fused-ring (bicyclic) bond motifs is 1. The minimum Gasteiger partial charge on any atom is -0.490 e. The highest BCUT2D eigenvalue weighted by Gasteiger charge is 2.20. The minimum absolute atomic E-state index is 0.0241. The van der Waals surface area contributed by atoms with Gasteiger partial charge in [0.15, 0.2) is 11.5 Å². The molecule has 0 bridgehead atoms. The molecule has 0 aromatic heterocycles. The lowest BCUT2D eigenvalue weighted by atomic mass is 10.2. The predicted molar refractivity (Wildman–Crippen MR) is 113 cm³/mol. The molecule has 1 heterocycles. The number of hydrogen-bond acceptors (Lipinski definition) is 5. The maximum atomic E-state index is 13.1. The fraction of sp³-hybridized carbons (Fsp3) is 0.318. The number of rotatable bonds is 8. The van der Waals surface area contributed by atoms with Gasteiger partial charge >= 0.3 is 0 Å². The zero-order valence-corrected chi connectivity index (χ0v) is 17.7. The van der Waals surface area contributed by atoms with E-state index in [9.17, 15) is 17.6 Å². The second-order valence-electron chi connectivity index (χ2n) is 6.89. The van der Waals surface area contributed by atoms with Crippen molar-refractivity contribution in [2.24, 2.45) is 0 Å². The highest BCUT2D eigenvalue weighted by atomic mass is 32.2. The Kier molecular flexibility index (Phi) is 7.50. The molecule has 0 fully saturated rings. The molecule has 0 unspecified atom stereocenters. The Labute approximate surface area is 181 Å². The van der Waals surface area contributed by atoms with Crippen LogP contribution in [0.25, 0.3) is 0 Å². The molecular weight excluding hydrogens is 423 g/mol. The predicted octanol–water partition coefficient (Wildman–Crippen LogP) is 2.32. The first kappa shape index (κ1) is 22.6. The van der Waals surface area contributed by atoms with Crippen LogP contribution in [0, 0.1) is 18.2 Å². The van der Waals surface area contributed by atoms with Crippen molar-refractivity contribution in [2.45, 2.75) is 24.3 Å². The van der Waals surface area contributed by atoms with Gasteiger partial charge in [0.1, 0.15) is 5.82 Å². The second-order valence-corrected chi connectivity index (χ2v) is 8.65. The van der Waals surface area contributed by atoms with Crippen molar-refractivity contribution >= 4 is 15.9 Å². The smallest absolute Gasteiger partial charge is 0.240 e. The average Bonchev–Trinajstić information content (AvgIpc) is 2.99. The van der Waals surface area contributed by atoms with Gasteiger partial charge in [-0.3, -0.25) is 4.79 Å². The topological polar surface area (TPSA) is 84.9 Å². The molecule has 7 nitrogen and oxygen atoms in total. The summed E-state index contributed by atoms with van der Waals surface area (Å²) in [5, 5.41) is 0. The zero-order chi connectivity index (χ0) is 22.3. The molecule has 2 aromatic rings. The third-order valence-electron chi connectivity index (χ3n) is 4.58. The zero-order valence-electron chi connectivity index (χ0n) is 16.8. The van der Waals surface area contributed by atoms with E-state index in [-0.39, 0.29) is 42.7 Å². The molecule has 1 aliphatic rings. The summed E-state index contributed by atoms with van der Waals surface area (Å²) in [5.74, 6) is 2.59. The van der Waals surface area contributed by atoms with Gasteiger partial charge in [-0.05, 0) is 29.8 Å². The van der Waals surface area contributed by atoms with E-state index in [4.69, 9.17) is 15.9 Å². The van der Waals surface area contributed by atoms with Crippen molar-refractivity contribution in [2.75, 3.05) is 26.3 Å². The Balaban J connectivity index is 1.59. The van der Waals surface area contributed by atoms with Crippen molar-refractivity contribution in [1.29, 1.82) is 0 Å². The molecule has 0 saturated heterocycles. The number of nitrogens with zero attached hydrogens (tertiary/aromatic N) is 1. The van der Waals surface area contributed by atoms with Crippen LogP contribution in [0.4, 0.5) is 4.39 Å². The minimum atomic E-state index is -3.84. The van der Waals surface area contributed by atoms with Crippen molar-refractivity contribution in [3.05, 3.63) is 53.8 Å². The lowest BCUT2D eigenvalue weighted by Gasteiger charge is -2.20. The molecule has 9 heteroatoms. The number of halogens is 1. The van der Waals surface area contributed by atoms with Gasteiger partial charge in [-0.15, -0.1) is 6.42 Å². The highest BCUT2D eigenvalue weighted by Crippen LogP contribution is 2.31. The van der Waals surface area contributed by atoms with E-state index in [1.165, 1.54) is 29.2 Å². The standard InChI is InChI=1S/C22H23FN2O5S/c1-2-12-25(16-17-4-6-18(23)7-5-17)22(26)10-11-24-31(27,28)19-8-9-20-21(15-19)30-14-3-13-29-20/h1,4-9,15,24H,3,10-14,16H2. The number of hydrogen-bond donors (Lipinski definition) is 1. The van der Waals surface area contributed by atoms with Crippen molar-refractivity contribution in [3.63, 3.8) is 0 Å². The molecule has 1 N–H and O–H groups in total. The number of terminal acetylenes is 1. The van der Waals surface area contributed by atoms with Crippen LogP contribution in [0.3, 0.4) is 0 Å². The number of ether oxygens (including phenoxy) is 2. The molecule has 164 valence electrons. The quantitative estimate of drug-likeness (QED) is 0.629. The first-order chi connectivity index (χ1) is 14.9. The number of nitrogens with one attached hydrogen (secondary N) is 1. The molecule has 0 saturated carbocycles. The number of sulfonamides is 1. The van der Waals surface area contributed by atoms with Gasteiger partial charge in [-0.25, -0.2) is 17.5 Å². The molecule has 0 spiro atoms. The summed E-state index contributed by atoms with van der Waals surface area (Å²) < 4.78 is 51.7. The van der Waals surface area contributed by atoms with Crippen LogP contribution in [0.15, 0.2) is 47.4 Å². The molecule has 2 aromatic carbocycles. The fourth-order valence-corrected chi connectivity index (χ4v) is 4.04. The van der Waals surface area contributed by atoms with Gasteiger partial charge in [0.05, 0.1) is 24.7 Å². The summed E-state index contributed by atoms with van der Waals surface area (Å²) in [5.41, 5.74) is 0.720. The van der Waals surface area contributed by atoms with Crippen molar-refractivity contribution < 1.29 is 27.1 Å². The fourth-order valence-electron chi connectivity index (χ4n) is 3.00. The van der Waals surface area contributed by atoms with Crippen LogP contribution in [-0.4, -0.2) is 45.5 Å². The Bertz CT molecular complexity index is 1060. The van der Waals surface area contributed by atoms with Crippen LogP contribution in [-0.2, 0) is 21.4 Å². The monoisotopic (exact) mass is 446 g/mol. The van der Waals surface area contributed by atoms with E-state index in [0.717, 1.165) is 5.56 Å². The van der Waals surface area contributed by atoms with E-state index in [1.807, 2.05) is 0 Å². The normalized spacial score (nSPS) is 13.2. The lowest BCUT2D eigenvalue weighted by molar-refractivity contribution is -0.131. The third-order valence-corrected chi connectivity index (χ3v) is 6.04. The van der Waals surface area contributed by atoms with Crippen LogP contribution in [0.2, 0.25) is 0 Å². The number of carbonyl (C=O) groups excluding carboxylic acids is 1. The van der Waals surface area contributed by atoms with E-state index < -0.39 is 10.0 Å². The molecule has 0 aliphatic carbocycles. The Hall–Kier alpha value is -3.09. The van der Waals surface area contributed by atoms with Crippen LogP contribution < -0.4 is 14.2 Å². The maximum Gasteiger partial charge on any atom is 0.240 e. The summed E-state index contributed by atoms with van der Waals surface area (Å²) >= 11 is 0. The Morgan fingerprint density at radius 1 is 1.13 bits per heavy atom. The van der Waals surface area contributed by atoms with Gasteiger partial charge in [0.2, 0.25) is 15.9 Å². The van der Waals surface area contributed by atoms with Crippen LogP contribution in [0.5, 0.6) is 11.5 Å². The summed E-state index contributed by atoms with van der Waals surface area (Å²) in [6.07, 6.45) is 5.98. The van der Waals surface area contributed by atoms with Crippen molar-refractivity contribution in [1.82, 2.24) is 9.62 Å². The van der Waals surface area contributed by atoms with E-state index in [2.05, 4.69) is 10.6 Å². The van der Waals surface area contributed by atoms with Crippen LogP contribution in [0.1, 0.15) is 18.4 Å². The molecule has 31 heavy (non-hydrogen) atoms. The molecule has 0 radical (unpaired) electrons. The van der Waals surface area contributed by atoms with Crippen LogP contribution >= 0.6 is 0 Å². The first-order valence-electron chi connectivity index (χ1n) is 9.74. The van der Waals surface area contributed by atoms with Gasteiger partial charge in [0.25, 0.3) is 0 Å². The largest absolute Gasteiger partial charge is 0.490 e. The maximum absolute atomic E-state index is 13.1. The summed E-state index contributed by atoms with van der Waals surface area (Å²) in [6.45, 7) is 1.12. The summed E-state index contributed by atoms with van der Waals surface area (Å²) in [7, 11) is -3.84. The van der Waals surface area contributed by atoms with Gasteiger partial charge in [0, 0.05) is 32.0 Å². The van der Waals surface area contributed by atoms with E-state index in [0.29, 0.717) is 31.1 Å². The second kappa shape index (κ2) is 10.3. The van der Waals surface area contributed by atoms with Crippen molar-refractivity contribution in [3.8, 4) is 23.8 Å².